The summed E-state index contributed by atoms with van der Waals surface area (Å²) in [5, 5.41) is 0. The minimum Gasteiger partial charge on any atom is -0.453 e. The Morgan fingerprint density at radius 3 is 3.00 bits per heavy atom. The first-order valence-electron chi connectivity index (χ1n) is 6.16. The smallest absolute Gasteiger partial charge is 0.338 e. The summed E-state index contributed by atoms with van der Waals surface area (Å²) >= 11 is 0. The maximum atomic E-state index is 11.9. The van der Waals surface area contributed by atoms with Crippen molar-refractivity contribution in [2.24, 2.45) is 0 Å². The largest absolute Gasteiger partial charge is 0.453 e. The second-order valence-electron chi connectivity index (χ2n) is 4.29. The van der Waals surface area contributed by atoms with Gasteiger partial charge in [0.2, 0.25) is 0 Å². The number of hydrogen-bond donors (Lipinski definition) is 0. The number of rotatable bonds is 4. The van der Waals surface area contributed by atoms with E-state index in [-0.39, 0.29) is 24.3 Å². The average molecular weight is 250 g/mol. The summed E-state index contributed by atoms with van der Waals surface area (Å²) < 4.78 is 16.5. The van der Waals surface area contributed by atoms with Crippen LogP contribution in [0.3, 0.4) is 0 Å². The van der Waals surface area contributed by atoms with Gasteiger partial charge in [-0.1, -0.05) is 24.8 Å². The molecule has 98 valence electrons. The number of ether oxygens (including phenoxy) is 3. The van der Waals surface area contributed by atoms with Crippen molar-refractivity contribution in [3.05, 3.63) is 36.5 Å². The highest BCUT2D eigenvalue weighted by atomic mass is 16.6. The normalized spacial score (nSPS) is 31.6. The van der Waals surface area contributed by atoms with Gasteiger partial charge >= 0.3 is 5.97 Å². The number of carbonyl (C=O) groups excluding carboxylic acids is 1. The van der Waals surface area contributed by atoms with E-state index in [0.717, 1.165) is 6.42 Å². The van der Waals surface area contributed by atoms with Crippen molar-refractivity contribution in [3.8, 4) is 0 Å². The van der Waals surface area contributed by atoms with Gasteiger partial charge in [0.1, 0.15) is 6.10 Å². The first-order chi connectivity index (χ1) is 8.76. The predicted octanol–water partition coefficient (Wildman–Crippen LogP) is 1.77. The van der Waals surface area contributed by atoms with E-state index in [1.807, 2.05) is 13.0 Å². The van der Waals surface area contributed by atoms with Gasteiger partial charge < -0.3 is 14.2 Å². The zero-order valence-electron chi connectivity index (χ0n) is 10.5. The van der Waals surface area contributed by atoms with Crippen molar-refractivity contribution in [3.63, 3.8) is 0 Å². The molecule has 3 atom stereocenters. The third-order valence-corrected chi connectivity index (χ3v) is 3.10. The fraction of sp³-hybridized carbons (Fsp3) is 0.500. The van der Waals surface area contributed by atoms with E-state index in [0.29, 0.717) is 18.8 Å². The molecule has 2 rings (SSSR count). The molecule has 0 spiro atoms. The van der Waals surface area contributed by atoms with E-state index in [4.69, 9.17) is 14.2 Å². The molecular formula is C14H18O4. The highest BCUT2D eigenvalue weighted by molar-refractivity contribution is 5.91. The van der Waals surface area contributed by atoms with Crippen LogP contribution in [-0.2, 0) is 19.0 Å². The van der Waals surface area contributed by atoms with Crippen molar-refractivity contribution in [1.29, 1.82) is 0 Å². The zero-order chi connectivity index (χ0) is 13.0. The average Bonchev–Trinajstić information content (AvgIpc) is 2.95. The van der Waals surface area contributed by atoms with Crippen molar-refractivity contribution < 1.29 is 19.0 Å². The van der Waals surface area contributed by atoms with E-state index in [2.05, 4.69) is 6.58 Å². The van der Waals surface area contributed by atoms with Crippen LogP contribution in [0.25, 0.3) is 0 Å². The first-order valence-corrected chi connectivity index (χ1v) is 6.16. The van der Waals surface area contributed by atoms with E-state index in [1.54, 1.807) is 12.2 Å². The summed E-state index contributed by atoms with van der Waals surface area (Å²) in [6.07, 6.45) is 7.32. The van der Waals surface area contributed by atoms with Gasteiger partial charge in [0.15, 0.2) is 6.10 Å². The molecule has 18 heavy (non-hydrogen) atoms. The Morgan fingerprint density at radius 1 is 1.44 bits per heavy atom. The van der Waals surface area contributed by atoms with Gasteiger partial charge in [0.05, 0.1) is 18.3 Å². The Hall–Kier alpha value is -1.39. The molecule has 0 aromatic heterocycles. The Kier molecular flexibility index (Phi) is 4.33. The molecule has 0 aromatic carbocycles. The standard InChI is InChI=1S/C14H18O4/c1-3-5-6-10(4-2)14(15)18-12-9-17-11-7-8-16-13(11)12/h3-6,11-13H,2,7-9H2,1H3/b5-3-,10-6+/t11-,12?,13+/m1/s1. The van der Waals surface area contributed by atoms with Crippen molar-refractivity contribution in [2.45, 2.75) is 31.7 Å². The van der Waals surface area contributed by atoms with Gasteiger partial charge in [-0.15, -0.1) is 0 Å². The van der Waals surface area contributed by atoms with Crippen LogP contribution < -0.4 is 0 Å². The summed E-state index contributed by atoms with van der Waals surface area (Å²) in [6, 6.07) is 0. The Bertz CT molecular complexity index is 383. The predicted molar refractivity (Wildman–Crippen MR) is 67.1 cm³/mol. The van der Waals surface area contributed by atoms with Crippen molar-refractivity contribution in [2.75, 3.05) is 13.2 Å². The molecule has 0 bridgehead atoms. The second-order valence-corrected chi connectivity index (χ2v) is 4.29. The number of esters is 1. The second kappa shape index (κ2) is 5.98. The quantitative estimate of drug-likeness (QED) is 0.433. The van der Waals surface area contributed by atoms with E-state index >= 15 is 0 Å². The minimum absolute atomic E-state index is 0.0782. The maximum absolute atomic E-state index is 11.9. The van der Waals surface area contributed by atoms with Crippen molar-refractivity contribution in [1.82, 2.24) is 0 Å². The highest BCUT2D eigenvalue weighted by Crippen LogP contribution is 2.28. The molecule has 0 aliphatic carbocycles. The Morgan fingerprint density at radius 2 is 2.28 bits per heavy atom. The summed E-state index contributed by atoms with van der Waals surface area (Å²) in [7, 11) is 0. The van der Waals surface area contributed by atoms with Gasteiger partial charge in [-0.25, -0.2) is 4.79 Å². The SMILES string of the molecule is C=C/C(=C\C=C/C)C(=O)OC1CO[C@@H]2CCO[C@H]12. The molecule has 2 heterocycles. The van der Waals surface area contributed by atoms with Gasteiger partial charge in [-0.2, -0.15) is 0 Å². The number of allylic oxidation sites excluding steroid dienone is 3. The molecule has 2 aliphatic heterocycles. The number of hydrogen-bond acceptors (Lipinski definition) is 4. The molecular weight excluding hydrogens is 232 g/mol. The summed E-state index contributed by atoms with van der Waals surface area (Å²) in [5.74, 6) is -0.382. The molecule has 0 saturated carbocycles. The molecule has 0 amide bonds. The molecule has 2 saturated heterocycles. The zero-order valence-corrected chi connectivity index (χ0v) is 10.5. The van der Waals surface area contributed by atoms with Crippen LogP contribution >= 0.6 is 0 Å². The molecule has 2 aliphatic rings. The van der Waals surface area contributed by atoms with E-state index < -0.39 is 0 Å². The topological polar surface area (TPSA) is 44.8 Å². The van der Waals surface area contributed by atoms with E-state index in [1.165, 1.54) is 6.08 Å². The Labute approximate surface area is 107 Å². The van der Waals surface area contributed by atoms with Crippen molar-refractivity contribution >= 4 is 5.97 Å². The van der Waals surface area contributed by atoms with Gasteiger partial charge in [0.25, 0.3) is 0 Å². The lowest BCUT2D eigenvalue weighted by Crippen LogP contribution is -2.32. The lowest BCUT2D eigenvalue weighted by atomic mass is 10.1. The van der Waals surface area contributed by atoms with E-state index in [9.17, 15) is 4.79 Å². The van der Waals surface area contributed by atoms with Crippen LogP contribution in [0.15, 0.2) is 36.5 Å². The van der Waals surface area contributed by atoms with Gasteiger partial charge in [-0.3, -0.25) is 0 Å². The van der Waals surface area contributed by atoms with Crippen LogP contribution in [0.5, 0.6) is 0 Å². The highest BCUT2D eigenvalue weighted by Gasteiger charge is 2.44. The number of fused-ring (bicyclic) bond motifs is 1. The minimum atomic E-state index is -0.382. The lowest BCUT2D eigenvalue weighted by molar-refractivity contribution is -0.148. The fourth-order valence-electron chi connectivity index (χ4n) is 2.16. The molecule has 2 fully saturated rings. The molecule has 4 heteroatoms. The molecule has 1 unspecified atom stereocenters. The monoisotopic (exact) mass is 250 g/mol. The summed E-state index contributed by atoms with van der Waals surface area (Å²) in [6.45, 7) is 6.57. The molecule has 0 radical (unpaired) electrons. The summed E-state index contributed by atoms with van der Waals surface area (Å²) in [5.41, 5.74) is 0.439. The molecule has 0 N–H and O–H groups in total. The number of carbonyl (C=O) groups is 1. The third kappa shape index (κ3) is 2.71. The molecule has 0 aromatic rings. The maximum Gasteiger partial charge on any atom is 0.338 e. The third-order valence-electron chi connectivity index (χ3n) is 3.10. The van der Waals surface area contributed by atoms with Crippen LogP contribution in [0.2, 0.25) is 0 Å². The summed E-state index contributed by atoms with van der Waals surface area (Å²) in [4.78, 5) is 11.9. The van der Waals surface area contributed by atoms with Crippen LogP contribution in [-0.4, -0.2) is 37.5 Å². The lowest BCUT2D eigenvalue weighted by Gasteiger charge is -2.16. The van der Waals surface area contributed by atoms with Gasteiger partial charge in [0, 0.05) is 6.61 Å². The molecule has 4 nitrogen and oxygen atoms in total. The van der Waals surface area contributed by atoms with Crippen LogP contribution in [0.4, 0.5) is 0 Å². The first kappa shape index (κ1) is 13.1. The fourth-order valence-corrected chi connectivity index (χ4v) is 2.16. The van der Waals surface area contributed by atoms with Gasteiger partial charge in [-0.05, 0) is 19.4 Å². The van der Waals surface area contributed by atoms with Crippen LogP contribution in [0, 0.1) is 0 Å². The van der Waals surface area contributed by atoms with Crippen LogP contribution in [0.1, 0.15) is 13.3 Å². The Balaban J connectivity index is 1.96.